The Balaban J connectivity index is 1.38. The Labute approximate surface area is 206 Å². The fourth-order valence-corrected chi connectivity index (χ4v) is 5.18. The van der Waals surface area contributed by atoms with Gasteiger partial charge in [0.2, 0.25) is 0 Å². The molecule has 5 heteroatoms. The molecule has 0 fully saturated rings. The summed E-state index contributed by atoms with van der Waals surface area (Å²) in [5.41, 5.74) is 8.04. The van der Waals surface area contributed by atoms with Crippen molar-refractivity contribution in [2.45, 2.75) is 0 Å². The summed E-state index contributed by atoms with van der Waals surface area (Å²) in [6.45, 7) is 0. The van der Waals surface area contributed by atoms with Crippen LogP contribution in [0.2, 0.25) is 0 Å². The molecule has 0 aliphatic carbocycles. The molecular weight excluding hydrogens is 448 g/mol. The van der Waals surface area contributed by atoms with Gasteiger partial charge in [-0.1, -0.05) is 42.5 Å². The molecule has 0 atom stereocenters. The van der Waals surface area contributed by atoms with Crippen LogP contribution in [-0.4, -0.2) is 9.97 Å². The summed E-state index contributed by atoms with van der Waals surface area (Å²) in [5.74, 6) is 0. The van der Waals surface area contributed by atoms with Gasteiger partial charge in [0.25, 0.3) is 0 Å². The first-order chi connectivity index (χ1) is 17.2. The van der Waals surface area contributed by atoms with Crippen LogP contribution in [0.3, 0.4) is 0 Å². The number of para-hydroxylation sites is 1. The molecule has 2 aromatic heterocycles. The maximum Gasteiger partial charge on any atom is 0.124 e. The third kappa shape index (κ3) is 3.91. The summed E-state index contributed by atoms with van der Waals surface area (Å²) < 4.78 is 0.955. The molecule has 35 heavy (non-hydrogen) atoms. The Morgan fingerprint density at radius 3 is 2.14 bits per heavy atom. The first kappa shape index (κ1) is 20.7. The van der Waals surface area contributed by atoms with Crippen LogP contribution in [0.4, 0.5) is 0 Å². The Bertz CT molecular complexity index is 1820. The number of hydrogen-bond donors (Lipinski definition) is 0. The number of aromatic nitrogens is 2. The molecule has 0 aliphatic heterocycles. The molecule has 0 spiro atoms. The van der Waals surface area contributed by atoms with Gasteiger partial charge in [0.1, 0.15) is 5.01 Å². The zero-order valence-corrected chi connectivity index (χ0v) is 19.3. The van der Waals surface area contributed by atoms with E-state index in [0.717, 1.165) is 53.9 Å². The Morgan fingerprint density at radius 1 is 0.600 bits per heavy atom. The molecular formula is C30H16N4S. The highest BCUT2D eigenvalue weighted by Crippen LogP contribution is 2.34. The predicted octanol–water partition coefficient (Wildman–Crippen LogP) is 7.59. The molecule has 4 aromatic carbocycles. The molecule has 162 valence electrons. The molecule has 6 aromatic rings. The minimum Gasteiger partial charge on any atom is -0.256 e. The van der Waals surface area contributed by atoms with E-state index in [2.05, 4.69) is 59.6 Å². The number of pyridine rings is 1. The van der Waals surface area contributed by atoms with Crippen molar-refractivity contribution in [3.05, 3.63) is 108 Å². The first-order valence-electron chi connectivity index (χ1n) is 11.0. The van der Waals surface area contributed by atoms with Gasteiger partial charge in [-0.3, -0.25) is 4.98 Å². The van der Waals surface area contributed by atoms with E-state index in [0.29, 0.717) is 11.1 Å². The van der Waals surface area contributed by atoms with Crippen LogP contribution >= 0.6 is 11.3 Å². The quantitative estimate of drug-likeness (QED) is 0.270. The zero-order valence-electron chi connectivity index (χ0n) is 18.4. The molecule has 0 N–H and O–H groups in total. The van der Waals surface area contributed by atoms with E-state index in [1.54, 1.807) is 6.07 Å². The molecule has 0 radical (unpaired) electrons. The summed E-state index contributed by atoms with van der Waals surface area (Å²) >= 11 is 1.53. The molecule has 0 aliphatic rings. The van der Waals surface area contributed by atoms with E-state index >= 15 is 0 Å². The predicted molar refractivity (Wildman–Crippen MR) is 141 cm³/mol. The molecule has 0 saturated carbocycles. The van der Waals surface area contributed by atoms with Crippen molar-refractivity contribution in [2.75, 3.05) is 0 Å². The lowest BCUT2D eigenvalue weighted by atomic mass is 9.97. The van der Waals surface area contributed by atoms with E-state index in [1.807, 2.05) is 48.7 Å². The number of thiazole rings is 1. The maximum absolute atomic E-state index is 9.66. The number of rotatable bonds is 3. The summed E-state index contributed by atoms with van der Waals surface area (Å²) in [6, 6.07) is 34.3. The average molecular weight is 465 g/mol. The van der Waals surface area contributed by atoms with Gasteiger partial charge < -0.3 is 0 Å². The van der Waals surface area contributed by atoms with Crippen LogP contribution in [0.15, 0.2) is 97.2 Å². The number of hydrogen-bond acceptors (Lipinski definition) is 5. The number of nitrogens with zero attached hydrogens (tertiary/aromatic N) is 4. The van der Waals surface area contributed by atoms with E-state index in [9.17, 15) is 10.5 Å². The van der Waals surface area contributed by atoms with Crippen molar-refractivity contribution in [3.8, 4) is 45.0 Å². The fraction of sp³-hybridized carbons (Fsp3) is 0. The number of benzene rings is 4. The lowest BCUT2D eigenvalue weighted by Crippen LogP contribution is -1.86. The molecule has 0 bridgehead atoms. The summed E-state index contributed by atoms with van der Waals surface area (Å²) in [4.78, 5) is 9.32. The Kier molecular flexibility index (Phi) is 5.04. The first-order valence-corrected chi connectivity index (χ1v) is 11.8. The van der Waals surface area contributed by atoms with E-state index in [4.69, 9.17) is 4.98 Å². The Hall–Kier alpha value is -4.84. The molecule has 6 rings (SSSR count). The van der Waals surface area contributed by atoms with Crippen LogP contribution in [0.1, 0.15) is 11.1 Å². The zero-order chi connectivity index (χ0) is 23.8. The van der Waals surface area contributed by atoms with Gasteiger partial charge in [0.05, 0.1) is 39.0 Å². The molecule has 2 heterocycles. The fourth-order valence-electron chi connectivity index (χ4n) is 4.18. The molecule has 0 saturated heterocycles. The highest BCUT2D eigenvalue weighted by atomic mass is 32.1. The van der Waals surface area contributed by atoms with Crippen LogP contribution in [-0.2, 0) is 0 Å². The lowest BCUT2D eigenvalue weighted by Gasteiger charge is -2.08. The number of fused-ring (bicyclic) bond motifs is 2. The lowest BCUT2D eigenvalue weighted by molar-refractivity contribution is 1.41. The SMILES string of the molecule is N#Cc1cc(-c2ccc(-c3cnc4ccccc4c3)cc2)cc(-c2nc3ccc(C#N)cc3s2)c1. The average Bonchev–Trinajstić information content (AvgIpc) is 3.36. The van der Waals surface area contributed by atoms with Gasteiger partial charge in [-0.05, 0) is 65.2 Å². The minimum absolute atomic E-state index is 0.581. The van der Waals surface area contributed by atoms with Crippen molar-refractivity contribution in [1.82, 2.24) is 9.97 Å². The normalized spacial score (nSPS) is 10.8. The van der Waals surface area contributed by atoms with Gasteiger partial charge >= 0.3 is 0 Å². The van der Waals surface area contributed by atoms with Crippen LogP contribution in [0.25, 0.3) is 53.9 Å². The van der Waals surface area contributed by atoms with Crippen LogP contribution < -0.4 is 0 Å². The van der Waals surface area contributed by atoms with Crippen LogP contribution in [0.5, 0.6) is 0 Å². The number of nitriles is 2. The van der Waals surface area contributed by atoms with Gasteiger partial charge in [0, 0.05) is 22.7 Å². The van der Waals surface area contributed by atoms with Gasteiger partial charge in [0.15, 0.2) is 0 Å². The van der Waals surface area contributed by atoms with Gasteiger partial charge in [-0.2, -0.15) is 10.5 Å². The van der Waals surface area contributed by atoms with E-state index < -0.39 is 0 Å². The standard InChI is InChI=1S/C30H16N4S/c31-16-19-5-10-28-29(13-19)35-30(34-28)25-12-20(17-32)11-24(15-25)21-6-8-22(9-7-21)26-14-23-3-1-2-4-27(23)33-18-26/h1-15,18H. The van der Waals surface area contributed by atoms with E-state index in [-0.39, 0.29) is 0 Å². The second kappa shape index (κ2) is 8.50. The third-order valence-corrected chi connectivity index (χ3v) is 7.04. The molecule has 4 nitrogen and oxygen atoms in total. The molecule has 0 amide bonds. The monoisotopic (exact) mass is 464 g/mol. The van der Waals surface area contributed by atoms with Crippen LogP contribution in [0, 0.1) is 22.7 Å². The summed E-state index contributed by atoms with van der Waals surface area (Å²) in [6.07, 6.45) is 1.90. The smallest absolute Gasteiger partial charge is 0.124 e. The van der Waals surface area contributed by atoms with Crippen molar-refractivity contribution < 1.29 is 0 Å². The minimum atomic E-state index is 0.581. The summed E-state index contributed by atoms with van der Waals surface area (Å²) in [7, 11) is 0. The Morgan fingerprint density at radius 2 is 1.34 bits per heavy atom. The second-order valence-electron chi connectivity index (χ2n) is 8.22. The molecule has 0 unspecified atom stereocenters. The van der Waals surface area contributed by atoms with Crippen molar-refractivity contribution in [1.29, 1.82) is 10.5 Å². The van der Waals surface area contributed by atoms with Crippen molar-refractivity contribution >= 4 is 32.5 Å². The van der Waals surface area contributed by atoms with Crippen molar-refractivity contribution in [2.24, 2.45) is 0 Å². The van der Waals surface area contributed by atoms with E-state index in [1.165, 1.54) is 11.3 Å². The highest BCUT2D eigenvalue weighted by molar-refractivity contribution is 7.21. The van der Waals surface area contributed by atoms with Crippen molar-refractivity contribution in [3.63, 3.8) is 0 Å². The van der Waals surface area contributed by atoms with Gasteiger partial charge in [-0.15, -0.1) is 11.3 Å². The summed E-state index contributed by atoms with van der Waals surface area (Å²) in [5, 5.41) is 20.8. The highest BCUT2D eigenvalue weighted by Gasteiger charge is 2.11. The van der Waals surface area contributed by atoms with Gasteiger partial charge in [-0.25, -0.2) is 4.98 Å². The largest absolute Gasteiger partial charge is 0.256 e. The maximum atomic E-state index is 9.66. The third-order valence-electron chi connectivity index (χ3n) is 5.97. The second-order valence-corrected chi connectivity index (χ2v) is 9.25. The topological polar surface area (TPSA) is 73.4 Å².